The van der Waals surface area contributed by atoms with Crippen molar-refractivity contribution in [3.05, 3.63) is 28.2 Å². The molecule has 0 fully saturated rings. The molecule has 0 spiro atoms. The van der Waals surface area contributed by atoms with E-state index in [9.17, 15) is 0 Å². The summed E-state index contributed by atoms with van der Waals surface area (Å²) in [5.41, 5.74) is 0.857. The summed E-state index contributed by atoms with van der Waals surface area (Å²) in [4.78, 5) is 0. The van der Waals surface area contributed by atoms with Crippen molar-refractivity contribution in [2.45, 2.75) is 13.0 Å². The van der Waals surface area contributed by atoms with E-state index >= 15 is 0 Å². The third-order valence-corrected chi connectivity index (χ3v) is 2.26. The number of benzene rings is 1. The first-order valence-corrected chi connectivity index (χ1v) is 4.72. The fourth-order valence-electron chi connectivity index (χ4n) is 0.872. The van der Waals surface area contributed by atoms with Crippen molar-refractivity contribution >= 4 is 28.9 Å². The predicted octanol–water partition coefficient (Wildman–Crippen LogP) is 2.79. The lowest BCUT2D eigenvalue weighted by atomic mass is 10.3. The Bertz CT molecular complexity index is 289. The summed E-state index contributed by atoms with van der Waals surface area (Å²) in [5, 5.41) is 13.1. The monoisotopic (exact) mass is 219 g/mol. The number of hydrogen-bond donors (Lipinski definition) is 2. The standard InChI is InChI=1S/C9H11Cl2NO/c1-6(13)5-12-7-2-3-8(10)9(11)4-7/h2-4,6,12-13H,5H2,1H3. The normalized spacial score (nSPS) is 12.6. The zero-order valence-corrected chi connectivity index (χ0v) is 8.73. The SMILES string of the molecule is CC(O)CNc1ccc(Cl)c(Cl)c1. The summed E-state index contributed by atoms with van der Waals surface area (Å²) < 4.78 is 0. The Kier molecular flexibility index (Phi) is 3.85. The first kappa shape index (κ1) is 10.6. The van der Waals surface area contributed by atoms with E-state index in [1.165, 1.54) is 0 Å². The number of hydrogen-bond acceptors (Lipinski definition) is 2. The molecule has 0 amide bonds. The van der Waals surface area contributed by atoms with Crippen LogP contribution in [0.1, 0.15) is 6.92 Å². The summed E-state index contributed by atoms with van der Waals surface area (Å²) in [6.07, 6.45) is -0.380. The van der Waals surface area contributed by atoms with Gasteiger partial charge in [-0.05, 0) is 25.1 Å². The van der Waals surface area contributed by atoms with Crippen molar-refractivity contribution < 1.29 is 5.11 Å². The largest absolute Gasteiger partial charge is 0.392 e. The highest BCUT2D eigenvalue weighted by atomic mass is 35.5. The van der Waals surface area contributed by atoms with E-state index in [0.717, 1.165) is 5.69 Å². The molecule has 4 heteroatoms. The fourth-order valence-corrected chi connectivity index (χ4v) is 1.17. The van der Waals surface area contributed by atoms with Gasteiger partial charge >= 0.3 is 0 Å². The average Bonchev–Trinajstić information content (AvgIpc) is 2.07. The molecule has 0 saturated carbocycles. The molecule has 1 atom stereocenters. The molecule has 0 radical (unpaired) electrons. The van der Waals surface area contributed by atoms with Crippen LogP contribution in [0.25, 0.3) is 0 Å². The van der Waals surface area contributed by atoms with Gasteiger partial charge in [0.15, 0.2) is 0 Å². The summed E-state index contributed by atoms with van der Waals surface area (Å²) in [6.45, 7) is 2.21. The van der Waals surface area contributed by atoms with Gasteiger partial charge in [-0.2, -0.15) is 0 Å². The summed E-state index contributed by atoms with van der Waals surface area (Å²) in [7, 11) is 0. The molecule has 2 N–H and O–H groups in total. The highest BCUT2D eigenvalue weighted by Gasteiger charge is 1.99. The van der Waals surface area contributed by atoms with Crippen LogP contribution in [0.2, 0.25) is 10.0 Å². The topological polar surface area (TPSA) is 32.3 Å². The van der Waals surface area contributed by atoms with Gasteiger partial charge in [0, 0.05) is 12.2 Å². The van der Waals surface area contributed by atoms with Gasteiger partial charge in [-0.1, -0.05) is 23.2 Å². The zero-order chi connectivity index (χ0) is 9.84. The lowest BCUT2D eigenvalue weighted by molar-refractivity contribution is 0.208. The van der Waals surface area contributed by atoms with E-state index in [2.05, 4.69) is 5.32 Å². The van der Waals surface area contributed by atoms with E-state index in [1.807, 2.05) is 6.07 Å². The fraction of sp³-hybridized carbons (Fsp3) is 0.333. The maximum atomic E-state index is 9.02. The molecule has 1 rings (SSSR count). The van der Waals surface area contributed by atoms with Crippen molar-refractivity contribution in [2.75, 3.05) is 11.9 Å². The molecule has 72 valence electrons. The molecule has 1 aromatic rings. The summed E-state index contributed by atoms with van der Waals surface area (Å²) >= 11 is 11.5. The summed E-state index contributed by atoms with van der Waals surface area (Å²) in [6, 6.07) is 5.26. The van der Waals surface area contributed by atoms with Gasteiger partial charge < -0.3 is 10.4 Å². The van der Waals surface area contributed by atoms with Crippen molar-refractivity contribution in [2.24, 2.45) is 0 Å². The van der Waals surface area contributed by atoms with Crippen molar-refractivity contribution in [3.8, 4) is 0 Å². The molecule has 0 aliphatic carbocycles. The quantitative estimate of drug-likeness (QED) is 0.820. The second-order valence-corrected chi connectivity index (χ2v) is 3.67. The molecule has 1 aromatic carbocycles. The third kappa shape index (κ3) is 3.43. The molecule has 0 saturated heterocycles. The molecule has 0 heterocycles. The Hall–Kier alpha value is -0.440. The van der Waals surface area contributed by atoms with Gasteiger partial charge in [0.25, 0.3) is 0 Å². The van der Waals surface area contributed by atoms with Crippen LogP contribution in [0, 0.1) is 0 Å². The third-order valence-electron chi connectivity index (χ3n) is 1.52. The van der Waals surface area contributed by atoms with Crippen LogP contribution in [0.3, 0.4) is 0 Å². The Labute approximate surface area is 87.5 Å². The maximum absolute atomic E-state index is 9.02. The molecular weight excluding hydrogens is 209 g/mol. The number of aliphatic hydroxyl groups is 1. The Balaban J connectivity index is 2.63. The van der Waals surface area contributed by atoms with E-state index in [1.54, 1.807) is 19.1 Å². The van der Waals surface area contributed by atoms with Gasteiger partial charge in [-0.15, -0.1) is 0 Å². The van der Waals surface area contributed by atoms with Gasteiger partial charge in [0.05, 0.1) is 16.1 Å². The number of halogens is 2. The number of anilines is 1. The van der Waals surface area contributed by atoms with Crippen LogP contribution >= 0.6 is 23.2 Å². The molecule has 0 bridgehead atoms. The zero-order valence-electron chi connectivity index (χ0n) is 7.22. The van der Waals surface area contributed by atoms with Crippen LogP contribution in [0.4, 0.5) is 5.69 Å². The highest BCUT2D eigenvalue weighted by Crippen LogP contribution is 2.24. The minimum Gasteiger partial charge on any atom is -0.392 e. The van der Waals surface area contributed by atoms with E-state index in [-0.39, 0.29) is 6.10 Å². The van der Waals surface area contributed by atoms with Gasteiger partial charge in [0.1, 0.15) is 0 Å². The van der Waals surface area contributed by atoms with E-state index in [4.69, 9.17) is 28.3 Å². The average molecular weight is 220 g/mol. The highest BCUT2D eigenvalue weighted by molar-refractivity contribution is 6.42. The molecule has 2 nitrogen and oxygen atoms in total. The number of rotatable bonds is 3. The van der Waals surface area contributed by atoms with Crippen molar-refractivity contribution in [1.82, 2.24) is 0 Å². The van der Waals surface area contributed by atoms with Crippen molar-refractivity contribution in [1.29, 1.82) is 0 Å². The van der Waals surface area contributed by atoms with Crippen molar-refractivity contribution in [3.63, 3.8) is 0 Å². The molecule has 1 unspecified atom stereocenters. The van der Waals surface area contributed by atoms with Gasteiger partial charge in [-0.25, -0.2) is 0 Å². The summed E-state index contributed by atoms with van der Waals surface area (Å²) in [5.74, 6) is 0. The predicted molar refractivity (Wildman–Crippen MR) is 56.6 cm³/mol. The second kappa shape index (κ2) is 4.70. The molecule has 13 heavy (non-hydrogen) atoms. The number of nitrogens with one attached hydrogen (secondary N) is 1. The van der Waals surface area contributed by atoms with Gasteiger partial charge in [-0.3, -0.25) is 0 Å². The number of aliphatic hydroxyl groups excluding tert-OH is 1. The van der Waals surface area contributed by atoms with E-state index in [0.29, 0.717) is 16.6 Å². The van der Waals surface area contributed by atoms with Crippen LogP contribution in [-0.2, 0) is 0 Å². The Morgan fingerprint density at radius 3 is 2.62 bits per heavy atom. The van der Waals surface area contributed by atoms with Crippen LogP contribution in [0.5, 0.6) is 0 Å². The lowest BCUT2D eigenvalue weighted by Gasteiger charge is -2.08. The first-order chi connectivity index (χ1) is 6.09. The molecule has 0 aliphatic heterocycles. The Morgan fingerprint density at radius 2 is 2.08 bits per heavy atom. The van der Waals surface area contributed by atoms with Crippen LogP contribution < -0.4 is 5.32 Å². The minimum absolute atomic E-state index is 0.380. The molecule has 0 aromatic heterocycles. The smallest absolute Gasteiger partial charge is 0.0684 e. The van der Waals surface area contributed by atoms with Crippen LogP contribution in [-0.4, -0.2) is 17.8 Å². The first-order valence-electron chi connectivity index (χ1n) is 3.96. The molecule has 0 aliphatic rings. The Morgan fingerprint density at radius 1 is 1.38 bits per heavy atom. The lowest BCUT2D eigenvalue weighted by Crippen LogP contribution is -2.15. The van der Waals surface area contributed by atoms with Gasteiger partial charge in [0.2, 0.25) is 0 Å². The minimum atomic E-state index is -0.380. The molecular formula is C9H11Cl2NO. The second-order valence-electron chi connectivity index (χ2n) is 2.86. The van der Waals surface area contributed by atoms with Crippen LogP contribution in [0.15, 0.2) is 18.2 Å². The maximum Gasteiger partial charge on any atom is 0.0684 e. The van der Waals surface area contributed by atoms with E-state index < -0.39 is 0 Å².